The third-order valence-electron chi connectivity index (χ3n) is 3.46. The summed E-state index contributed by atoms with van der Waals surface area (Å²) in [5, 5.41) is 0. The zero-order valence-electron chi connectivity index (χ0n) is 12.0. The van der Waals surface area contributed by atoms with Gasteiger partial charge in [-0.3, -0.25) is 4.79 Å². The SMILES string of the molecule is CC[C@H](C(=O)O[C@@H](C)c1ccccc1)c1ccccc1. The van der Waals surface area contributed by atoms with Crippen LogP contribution in [-0.4, -0.2) is 5.97 Å². The number of ether oxygens (including phenoxy) is 1. The maximum Gasteiger partial charge on any atom is 0.314 e. The molecule has 0 bridgehead atoms. The summed E-state index contributed by atoms with van der Waals surface area (Å²) >= 11 is 0. The Morgan fingerprint density at radius 3 is 1.95 bits per heavy atom. The zero-order chi connectivity index (χ0) is 14.4. The van der Waals surface area contributed by atoms with Gasteiger partial charge in [0.1, 0.15) is 6.10 Å². The van der Waals surface area contributed by atoms with Crippen LogP contribution < -0.4 is 0 Å². The minimum absolute atomic E-state index is 0.157. The molecule has 0 amide bonds. The van der Waals surface area contributed by atoms with Gasteiger partial charge in [-0.2, -0.15) is 0 Å². The van der Waals surface area contributed by atoms with E-state index in [2.05, 4.69) is 0 Å². The summed E-state index contributed by atoms with van der Waals surface area (Å²) in [4.78, 5) is 12.3. The third-order valence-corrected chi connectivity index (χ3v) is 3.46. The van der Waals surface area contributed by atoms with E-state index >= 15 is 0 Å². The highest BCUT2D eigenvalue weighted by atomic mass is 16.5. The van der Waals surface area contributed by atoms with E-state index in [0.717, 1.165) is 17.5 Å². The van der Waals surface area contributed by atoms with E-state index in [4.69, 9.17) is 4.74 Å². The van der Waals surface area contributed by atoms with Crippen molar-refractivity contribution in [3.63, 3.8) is 0 Å². The monoisotopic (exact) mass is 268 g/mol. The van der Waals surface area contributed by atoms with Crippen molar-refractivity contribution >= 4 is 5.97 Å². The van der Waals surface area contributed by atoms with Gasteiger partial charge in [0, 0.05) is 0 Å². The summed E-state index contributed by atoms with van der Waals surface area (Å²) in [6.45, 7) is 3.91. The largest absolute Gasteiger partial charge is 0.457 e. The minimum atomic E-state index is -0.221. The molecule has 2 atom stereocenters. The molecule has 2 aromatic rings. The first kappa shape index (κ1) is 14.3. The van der Waals surface area contributed by atoms with Crippen LogP contribution in [0.4, 0.5) is 0 Å². The van der Waals surface area contributed by atoms with Crippen LogP contribution in [0.5, 0.6) is 0 Å². The second kappa shape index (κ2) is 6.90. The summed E-state index contributed by atoms with van der Waals surface area (Å²) in [6.07, 6.45) is 0.520. The lowest BCUT2D eigenvalue weighted by Gasteiger charge is -2.19. The number of benzene rings is 2. The van der Waals surface area contributed by atoms with Crippen molar-refractivity contribution in [3.8, 4) is 0 Å². The van der Waals surface area contributed by atoms with Crippen LogP contribution in [0.25, 0.3) is 0 Å². The van der Waals surface area contributed by atoms with Gasteiger partial charge in [-0.05, 0) is 24.5 Å². The average molecular weight is 268 g/mol. The van der Waals surface area contributed by atoms with E-state index in [1.165, 1.54) is 0 Å². The molecule has 104 valence electrons. The fraction of sp³-hybridized carbons (Fsp3) is 0.278. The van der Waals surface area contributed by atoms with Gasteiger partial charge in [-0.25, -0.2) is 0 Å². The summed E-state index contributed by atoms with van der Waals surface area (Å²) in [6, 6.07) is 19.6. The molecule has 0 aliphatic rings. The van der Waals surface area contributed by atoms with E-state index in [9.17, 15) is 4.79 Å². The Morgan fingerprint density at radius 2 is 1.45 bits per heavy atom. The molecular weight excluding hydrogens is 248 g/mol. The maximum atomic E-state index is 12.3. The standard InChI is InChI=1S/C18H20O2/c1-3-17(16-12-8-5-9-13-16)18(19)20-14(2)15-10-6-4-7-11-15/h4-14,17H,3H2,1-2H3/t14-,17-/m0/s1. The van der Waals surface area contributed by atoms with Crippen molar-refractivity contribution in [1.82, 2.24) is 0 Å². The van der Waals surface area contributed by atoms with Crippen LogP contribution in [0.1, 0.15) is 43.4 Å². The molecule has 2 aromatic carbocycles. The highest BCUT2D eigenvalue weighted by Crippen LogP contribution is 2.25. The Bertz CT molecular complexity index is 534. The summed E-state index contributed by atoms with van der Waals surface area (Å²) in [5.74, 6) is -0.350. The molecule has 0 radical (unpaired) electrons. The number of hydrogen-bond donors (Lipinski definition) is 0. The van der Waals surface area contributed by atoms with E-state index < -0.39 is 0 Å². The van der Waals surface area contributed by atoms with E-state index in [0.29, 0.717) is 0 Å². The smallest absolute Gasteiger partial charge is 0.314 e. The molecule has 0 saturated heterocycles. The molecule has 2 rings (SSSR count). The van der Waals surface area contributed by atoms with Crippen LogP contribution >= 0.6 is 0 Å². The van der Waals surface area contributed by atoms with Crippen molar-refractivity contribution in [3.05, 3.63) is 71.8 Å². The van der Waals surface area contributed by atoms with Gasteiger partial charge in [-0.1, -0.05) is 67.6 Å². The molecule has 2 heteroatoms. The third kappa shape index (κ3) is 3.47. The Kier molecular flexibility index (Phi) is 4.94. The molecule has 0 fully saturated rings. The number of carbonyl (C=O) groups is 1. The van der Waals surface area contributed by atoms with Gasteiger partial charge in [0.25, 0.3) is 0 Å². The Balaban J connectivity index is 2.07. The van der Waals surface area contributed by atoms with Gasteiger partial charge < -0.3 is 4.74 Å². The molecular formula is C18H20O2. The second-order valence-corrected chi connectivity index (χ2v) is 4.86. The van der Waals surface area contributed by atoms with Crippen LogP contribution in [0.2, 0.25) is 0 Å². The van der Waals surface area contributed by atoms with E-state index in [1.807, 2.05) is 74.5 Å². The van der Waals surface area contributed by atoms with Crippen molar-refractivity contribution in [1.29, 1.82) is 0 Å². The van der Waals surface area contributed by atoms with Gasteiger partial charge in [0.15, 0.2) is 0 Å². The molecule has 20 heavy (non-hydrogen) atoms. The van der Waals surface area contributed by atoms with Crippen molar-refractivity contribution in [2.24, 2.45) is 0 Å². The lowest BCUT2D eigenvalue weighted by molar-refractivity contribution is -0.150. The molecule has 0 heterocycles. The second-order valence-electron chi connectivity index (χ2n) is 4.86. The van der Waals surface area contributed by atoms with Gasteiger partial charge in [-0.15, -0.1) is 0 Å². The minimum Gasteiger partial charge on any atom is -0.457 e. The van der Waals surface area contributed by atoms with E-state index in [-0.39, 0.29) is 18.0 Å². The predicted molar refractivity (Wildman–Crippen MR) is 80.4 cm³/mol. The summed E-state index contributed by atoms with van der Waals surface area (Å²) < 4.78 is 5.60. The van der Waals surface area contributed by atoms with Gasteiger partial charge >= 0.3 is 5.97 Å². The maximum absolute atomic E-state index is 12.3. The molecule has 0 unspecified atom stereocenters. The average Bonchev–Trinajstić information content (AvgIpc) is 2.50. The number of esters is 1. The molecule has 2 nitrogen and oxygen atoms in total. The van der Waals surface area contributed by atoms with Gasteiger partial charge in [0.2, 0.25) is 0 Å². The molecule has 0 saturated carbocycles. The van der Waals surface area contributed by atoms with Gasteiger partial charge in [0.05, 0.1) is 5.92 Å². The van der Waals surface area contributed by atoms with Crippen molar-refractivity contribution in [2.45, 2.75) is 32.3 Å². The van der Waals surface area contributed by atoms with Crippen LogP contribution in [0.15, 0.2) is 60.7 Å². The normalized spacial score (nSPS) is 13.5. The first-order chi connectivity index (χ1) is 9.72. The molecule has 0 aliphatic heterocycles. The number of rotatable bonds is 5. The van der Waals surface area contributed by atoms with Crippen molar-refractivity contribution < 1.29 is 9.53 Å². The van der Waals surface area contributed by atoms with Crippen LogP contribution in [0, 0.1) is 0 Å². The van der Waals surface area contributed by atoms with Crippen molar-refractivity contribution in [2.75, 3.05) is 0 Å². The molecule has 0 N–H and O–H groups in total. The Hall–Kier alpha value is -2.09. The Morgan fingerprint density at radius 1 is 0.950 bits per heavy atom. The quantitative estimate of drug-likeness (QED) is 0.747. The fourth-order valence-electron chi connectivity index (χ4n) is 2.27. The topological polar surface area (TPSA) is 26.3 Å². The predicted octanol–water partition coefficient (Wildman–Crippen LogP) is 4.48. The number of hydrogen-bond acceptors (Lipinski definition) is 2. The zero-order valence-corrected chi connectivity index (χ0v) is 12.0. The van der Waals surface area contributed by atoms with Crippen LogP contribution in [0.3, 0.4) is 0 Å². The van der Waals surface area contributed by atoms with E-state index in [1.54, 1.807) is 0 Å². The highest BCUT2D eigenvalue weighted by Gasteiger charge is 2.22. The lowest BCUT2D eigenvalue weighted by Crippen LogP contribution is -2.17. The Labute approximate surface area is 120 Å². The highest BCUT2D eigenvalue weighted by molar-refractivity contribution is 5.78. The summed E-state index contributed by atoms with van der Waals surface area (Å²) in [5.41, 5.74) is 2.03. The summed E-state index contributed by atoms with van der Waals surface area (Å²) in [7, 11) is 0. The first-order valence-electron chi connectivity index (χ1n) is 7.02. The molecule has 0 aliphatic carbocycles. The molecule has 0 spiro atoms. The fourth-order valence-corrected chi connectivity index (χ4v) is 2.27. The van der Waals surface area contributed by atoms with Crippen LogP contribution in [-0.2, 0) is 9.53 Å². The lowest BCUT2D eigenvalue weighted by atomic mass is 9.96. The number of carbonyl (C=O) groups excluding carboxylic acids is 1. The first-order valence-corrected chi connectivity index (χ1v) is 7.02. The molecule has 0 aromatic heterocycles.